The fraction of sp³-hybridized carbons (Fsp3) is 0. The second-order valence-corrected chi connectivity index (χ2v) is 9.10. The molecule has 0 spiro atoms. The van der Waals surface area contributed by atoms with Crippen LogP contribution in [0.1, 0.15) is 31.8 Å². The van der Waals surface area contributed by atoms with E-state index in [0.29, 0.717) is 33.8 Å². The van der Waals surface area contributed by atoms with Gasteiger partial charge in [0.15, 0.2) is 11.6 Å². The van der Waals surface area contributed by atoms with Crippen LogP contribution in [0.25, 0.3) is 0 Å². The predicted octanol–water partition coefficient (Wildman–Crippen LogP) is 7.15. The molecule has 4 aromatic rings. The zero-order chi connectivity index (χ0) is 21.8. The molecule has 0 N–H and O–H groups in total. The van der Waals surface area contributed by atoms with Gasteiger partial charge in [0.25, 0.3) is 0 Å². The van der Waals surface area contributed by atoms with E-state index in [1.54, 1.807) is 48.5 Å². The highest BCUT2D eigenvalue weighted by molar-refractivity contribution is 14.1. The summed E-state index contributed by atoms with van der Waals surface area (Å²) in [5.41, 5.74) is 2.50. The molecule has 0 aliphatic rings. The first-order valence-corrected chi connectivity index (χ1v) is 11.6. The second-order valence-electron chi connectivity index (χ2n) is 6.77. The molecule has 5 heteroatoms. The maximum atomic E-state index is 12.9. The lowest BCUT2D eigenvalue weighted by atomic mass is 10.0. The average Bonchev–Trinajstić information content (AvgIpc) is 2.79. The molecule has 0 saturated heterocycles. The quantitative estimate of drug-likeness (QED) is 0.168. The highest BCUT2D eigenvalue weighted by atomic mass is 127. The van der Waals surface area contributed by atoms with Crippen LogP contribution in [0.5, 0.6) is 11.5 Å². The van der Waals surface area contributed by atoms with Crippen molar-refractivity contribution in [2.45, 2.75) is 0 Å². The third-order valence-corrected chi connectivity index (χ3v) is 6.57. The molecular weight excluding hydrogens is 614 g/mol. The molecule has 3 nitrogen and oxygen atoms in total. The van der Waals surface area contributed by atoms with Gasteiger partial charge in [-0.05, 0) is 106 Å². The summed E-state index contributed by atoms with van der Waals surface area (Å²) in [5, 5.41) is 0. The van der Waals surface area contributed by atoms with Gasteiger partial charge in [0, 0.05) is 29.4 Å². The lowest BCUT2D eigenvalue weighted by molar-refractivity contribution is 0.103. The van der Waals surface area contributed by atoms with E-state index in [1.165, 1.54) is 0 Å². The minimum atomic E-state index is -0.0474. The van der Waals surface area contributed by atoms with E-state index in [0.717, 1.165) is 7.14 Å². The molecule has 0 bridgehead atoms. The van der Waals surface area contributed by atoms with Gasteiger partial charge in [-0.15, -0.1) is 0 Å². The molecule has 0 heterocycles. The molecule has 0 aliphatic carbocycles. The molecule has 0 unspecified atom stereocenters. The van der Waals surface area contributed by atoms with Crippen molar-refractivity contribution in [3.63, 3.8) is 0 Å². The summed E-state index contributed by atoms with van der Waals surface area (Å²) in [6, 6.07) is 29.1. The Labute approximate surface area is 207 Å². The van der Waals surface area contributed by atoms with Crippen molar-refractivity contribution in [1.29, 1.82) is 0 Å². The summed E-state index contributed by atoms with van der Waals surface area (Å²) >= 11 is 4.33. The Bertz CT molecular complexity index is 1260. The van der Waals surface area contributed by atoms with Crippen molar-refractivity contribution in [2.24, 2.45) is 0 Å². The number of rotatable bonds is 6. The maximum Gasteiger partial charge on any atom is 0.194 e. The topological polar surface area (TPSA) is 43.4 Å². The fourth-order valence-corrected chi connectivity index (χ4v) is 4.38. The molecule has 0 radical (unpaired) electrons. The Morgan fingerprint density at radius 1 is 0.548 bits per heavy atom. The van der Waals surface area contributed by atoms with Crippen LogP contribution in [-0.4, -0.2) is 11.6 Å². The maximum absolute atomic E-state index is 12.9. The van der Waals surface area contributed by atoms with Gasteiger partial charge >= 0.3 is 0 Å². The van der Waals surface area contributed by atoms with Gasteiger partial charge in [-0.3, -0.25) is 9.59 Å². The molecule has 31 heavy (non-hydrogen) atoms. The number of carbonyl (C=O) groups excluding carboxylic acids is 2. The number of hydrogen-bond donors (Lipinski definition) is 0. The Kier molecular flexibility index (Phi) is 6.82. The Morgan fingerprint density at radius 3 is 1.68 bits per heavy atom. The van der Waals surface area contributed by atoms with Gasteiger partial charge in [-0.2, -0.15) is 0 Å². The zero-order valence-corrected chi connectivity index (χ0v) is 20.5. The number of halogens is 2. The van der Waals surface area contributed by atoms with Crippen LogP contribution in [-0.2, 0) is 0 Å². The lowest BCUT2D eigenvalue weighted by Crippen LogP contribution is -2.04. The Balaban J connectivity index is 1.52. The monoisotopic (exact) mass is 630 g/mol. The van der Waals surface area contributed by atoms with Crippen LogP contribution in [0.3, 0.4) is 0 Å². The van der Waals surface area contributed by atoms with E-state index in [2.05, 4.69) is 45.2 Å². The molecule has 0 saturated carbocycles. The fourth-order valence-electron chi connectivity index (χ4n) is 3.11. The van der Waals surface area contributed by atoms with Crippen LogP contribution in [0.15, 0.2) is 97.1 Å². The number of ether oxygens (including phenoxy) is 1. The molecule has 152 valence electrons. The molecule has 0 atom stereocenters. The summed E-state index contributed by atoms with van der Waals surface area (Å²) in [6.07, 6.45) is 0. The van der Waals surface area contributed by atoms with Crippen molar-refractivity contribution in [1.82, 2.24) is 0 Å². The molecule has 0 aromatic heterocycles. The van der Waals surface area contributed by atoms with E-state index < -0.39 is 0 Å². The third-order valence-electron chi connectivity index (χ3n) is 4.69. The van der Waals surface area contributed by atoms with Gasteiger partial charge in [0.05, 0.1) is 0 Å². The molecule has 4 rings (SSSR count). The summed E-state index contributed by atoms with van der Waals surface area (Å²) in [5.74, 6) is 1.09. The number of benzene rings is 4. The van der Waals surface area contributed by atoms with Crippen molar-refractivity contribution >= 4 is 56.7 Å². The smallest absolute Gasteiger partial charge is 0.194 e. The summed E-state index contributed by atoms with van der Waals surface area (Å²) < 4.78 is 7.76. The molecule has 0 fully saturated rings. The highest BCUT2D eigenvalue weighted by Crippen LogP contribution is 2.25. The summed E-state index contributed by atoms with van der Waals surface area (Å²) in [6.45, 7) is 0. The standard InChI is InChI=1S/C26H16I2O3/c27-23-10-3-1-8-21(23)25(29)17-12-14-19(15-13-17)31-20-7-5-6-18(16-20)26(30)22-9-2-4-11-24(22)28/h1-16H. The van der Waals surface area contributed by atoms with Crippen LogP contribution >= 0.6 is 45.2 Å². The first-order valence-electron chi connectivity index (χ1n) is 9.49. The molecular formula is C26H16I2O3. The lowest BCUT2D eigenvalue weighted by Gasteiger charge is -2.09. The number of ketones is 2. The zero-order valence-electron chi connectivity index (χ0n) is 16.2. The van der Waals surface area contributed by atoms with Crippen LogP contribution in [0, 0.1) is 7.14 Å². The van der Waals surface area contributed by atoms with Crippen molar-refractivity contribution < 1.29 is 14.3 Å². The predicted molar refractivity (Wildman–Crippen MR) is 138 cm³/mol. The normalized spacial score (nSPS) is 10.5. The number of hydrogen-bond acceptors (Lipinski definition) is 3. The van der Waals surface area contributed by atoms with E-state index in [1.807, 2.05) is 48.5 Å². The molecule has 0 amide bonds. The van der Waals surface area contributed by atoms with Gasteiger partial charge in [0.2, 0.25) is 0 Å². The molecule has 0 aliphatic heterocycles. The van der Waals surface area contributed by atoms with E-state index in [-0.39, 0.29) is 11.6 Å². The van der Waals surface area contributed by atoms with Gasteiger partial charge in [-0.1, -0.05) is 36.4 Å². The van der Waals surface area contributed by atoms with Crippen LogP contribution in [0.4, 0.5) is 0 Å². The summed E-state index contributed by atoms with van der Waals surface area (Å²) in [7, 11) is 0. The Morgan fingerprint density at radius 2 is 1.10 bits per heavy atom. The Hall–Kier alpha value is -2.52. The largest absolute Gasteiger partial charge is 0.457 e. The van der Waals surface area contributed by atoms with Gasteiger partial charge < -0.3 is 4.74 Å². The van der Waals surface area contributed by atoms with E-state index in [4.69, 9.17) is 4.74 Å². The third kappa shape index (κ3) is 5.04. The average molecular weight is 630 g/mol. The first kappa shape index (κ1) is 21.7. The van der Waals surface area contributed by atoms with E-state index in [9.17, 15) is 9.59 Å². The minimum Gasteiger partial charge on any atom is -0.457 e. The minimum absolute atomic E-state index is 0.0263. The summed E-state index contributed by atoms with van der Waals surface area (Å²) in [4.78, 5) is 25.6. The number of carbonyl (C=O) groups is 2. The van der Waals surface area contributed by atoms with Crippen LogP contribution in [0.2, 0.25) is 0 Å². The SMILES string of the molecule is O=C(c1ccc(Oc2cccc(C(=O)c3ccccc3I)c2)cc1)c1ccccc1I. The highest BCUT2D eigenvalue weighted by Gasteiger charge is 2.14. The van der Waals surface area contributed by atoms with E-state index >= 15 is 0 Å². The molecule has 4 aromatic carbocycles. The first-order chi connectivity index (χ1) is 15.0. The second kappa shape index (κ2) is 9.74. The van der Waals surface area contributed by atoms with Crippen molar-refractivity contribution in [3.05, 3.63) is 126 Å². The van der Waals surface area contributed by atoms with Crippen molar-refractivity contribution in [3.8, 4) is 11.5 Å². The van der Waals surface area contributed by atoms with Crippen molar-refractivity contribution in [2.75, 3.05) is 0 Å². The van der Waals surface area contributed by atoms with Gasteiger partial charge in [0.1, 0.15) is 11.5 Å². The van der Waals surface area contributed by atoms with Crippen LogP contribution < -0.4 is 4.74 Å². The van der Waals surface area contributed by atoms with Gasteiger partial charge in [-0.25, -0.2) is 0 Å².